The molecule has 0 spiro atoms. The molecule has 0 saturated heterocycles. The minimum absolute atomic E-state index is 0.0223. The molecule has 4 aromatic rings. The van der Waals surface area contributed by atoms with Crippen molar-refractivity contribution in [1.29, 1.82) is 0 Å². The lowest BCUT2D eigenvalue weighted by Crippen LogP contribution is -2.54. The standard InChI is InChI=1S/C35H37Cl2N3O4S/c1-4-26(3)38-35(42)33(21-27-11-7-5-8-12-27)39(23-28-16-18-29(36)19-17-28)34(41)24-40(30-20-15-25(2)32(37)22-30)45(43,44)31-13-9-6-10-14-31/h5-20,22,26,33H,4,21,23-24H2,1-3H3,(H,38,42). The highest BCUT2D eigenvalue weighted by Gasteiger charge is 2.35. The van der Waals surface area contributed by atoms with E-state index in [0.717, 1.165) is 21.0 Å². The first-order valence-electron chi connectivity index (χ1n) is 14.7. The van der Waals surface area contributed by atoms with Gasteiger partial charge in [0.25, 0.3) is 10.0 Å². The maximum atomic E-state index is 14.5. The summed E-state index contributed by atoms with van der Waals surface area (Å²) in [4.78, 5) is 29.9. The molecule has 4 rings (SSSR count). The highest BCUT2D eigenvalue weighted by atomic mass is 35.5. The van der Waals surface area contributed by atoms with E-state index in [9.17, 15) is 18.0 Å². The van der Waals surface area contributed by atoms with E-state index >= 15 is 0 Å². The normalized spacial score (nSPS) is 12.6. The second-order valence-electron chi connectivity index (χ2n) is 10.9. The second kappa shape index (κ2) is 15.4. The highest BCUT2D eigenvalue weighted by molar-refractivity contribution is 7.92. The number of nitrogens with one attached hydrogen (secondary N) is 1. The molecule has 2 amide bonds. The quantitative estimate of drug-likeness (QED) is 0.166. The summed E-state index contributed by atoms with van der Waals surface area (Å²) in [7, 11) is -4.21. The zero-order valence-electron chi connectivity index (χ0n) is 25.5. The number of rotatable bonds is 13. The molecule has 7 nitrogen and oxygen atoms in total. The molecule has 0 fully saturated rings. The van der Waals surface area contributed by atoms with Crippen molar-refractivity contribution in [3.05, 3.63) is 130 Å². The molecule has 0 bridgehead atoms. The molecule has 0 aromatic heterocycles. The van der Waals surface area contributed by atoms with Gasteiger partial charge in [-0.3, -0.25) is 13.9 Å². The van der Waals surface area contributed by atoms with Crippen molar-refractivity contribution < 1.29 is 18.0 Å². The van der Waals surface area contributed by atoms with E-state index in [1.54, 1.807) is 54.6 Å². The number of carbonyl (C=O) groups excluding carboxylic acids is 2. The van der Waals surface area contributed by atoms with Crippen LogP contribution in [0.1, 0.15) is 37.0 Å². The van der Waals surface area contributed by atoms with Gasteiger partial charge in [-0.2, -0.15) is 0 Å². The predicted molar refractivity (Wildman–Crippen MR) is 181 cm³/mol. The summed E-state index contributed by atoms with van der Waals surface area (Å²) < 4.78 is 29.2. The van der Waals surface area contributed by atoms with Crippen molar-refractivity contribution >= 4 is 50.7 Å². The average molecular weight is 667 g/mol. The Bertz CT molecular complexity index is 1700. The SMILES string of the molecule is CCC(C)NC(=O)C(Cc1ccccc1)N(Cc1ccc(Cl)cc1)C(=O)CN(c1ccc(C)c(Cl)c1)S(=O)(=O)c1ccccc1. The van der Waals surface area contributed by atoms with Crippen LogP contribution in [0.2, 0.25) is 10.0 Å². The fourth-order valence-electron chi connectivity index (χ4n) is 4.77. The minimum Gasteiger partial charge on any atom is -0.352 e. The van der Waals surface area contributed by atoms with Gasteiger partial charge in [0.15, 0.2) is 0 Å². The smallest absolute Gasteiger partial charge is 0.264 e. The third kappa shape index (κ3) is 8.87. The lowest BCUT2D eigenvalue weighted by Gasteiger charge is -2.34. The molecular weight excluding hydrogens is 629 g/mol. The first-order valence-corrected chi connectivity index (χ1v) is 16.9. The summed E-state index contributed by atoms with van der Waals surface area (Å²) in [6.07, 6.45) is 0.927. The number of benzene rings is 4. The van der Waals surface area contributed by atoms with Crippen LogP contribution in [0.25, 0.3) is 0 Å². The van der Waals surface area contributed by atoms with E-state index in [0.29, 0.717) is 16.5 Å². The van der Waals surface area contributed by atoms with Crippen molar-refractivity contribution in [3.8, 4) is 0 Å². The van der Waals surface area contributed by atoms with Crippen LogP contribution in [-0.2, 0) is 32.6 Å². The van der Waals surface area contributed by atoms with Gasteiger partial charge in [-0.1, -0.05) is 96.9 Å². The van der Waals surface area contributed by atoms with Gasteiger partial charge >= 0.3 is 0 Å². The monoisotopic (exact) mass is 665 g/mol. The molecule has 2 unspecified atom stereocenters. The summed E-state index contributed by atoms with van der Waals surface area (Å²) in [5.41, 5.74) is 2.59. The number of anilines is 1. The number of nitrogens with zero attached hydrogens (tertiary/aromatic N) is 2. The topological polar surface area (TPSA) is 86.8 Å². The zero-order valence-corrected chi connectivity index (χ0v) is 27.8. The Labute approximate surface area is 275 Å². The molecule has 45 heavy (non-hydrogen) atoms. The Kier molecular flexibility index (Phi) is 11.7. The summed E-state index contributed by atoms with van der Waals surface area (Å²) in [6, 6.07) is 28.1. The molecule has 10 heteroatoms. The van der Waals surface area contributed by atoms with Gasteiger partial charge in [0, 0.05) is 29.1 Å². The molecular formula is C35H37Cl2N3O4S. The number of sulfonamides is 1. The Hall–Kier alpha value is -3.85. The largest absolute Gasteiger partial charge is 0.352 e. The highest BCUT2D eigenvalue weighted by Crippen LogP contribution is 2.29. The van der Waals surface area contributed by atoms with Crippen LogP contribution in [-0.4, -0.2) is 43.8 Å². The Morgan fingerprint density at radius 2 is 1.47 bits per heavy atom. The minimum atomic E-state index is -4.21. The van der Waals surface area contributed by atoms with Crippen LogP contribution >= 0.6 is 23.2 Å². The third-order valence-electron chi connectivity index (χ3n) is 7.59. The number of halogens is 2. The van der Waals surface area contributed by atoms with Crippen molar-refractivity contribution in [2.45, 2.75) is 57.1 Å². The van der Waals surface area contributed by atoms with Gasteiger partial charge in [-0.25, -0.2) is 8.42 Å². The molecule has 2 atom stereocenters. The number of hydrogen-bond acceptors (Lipinski definition) is 4. The van der Waals surface area contributed by atoms with Crippen molar-refractivity contribution in [2.75, 3.05) is 10.8 Å². The zero-order chi connectivity index (χ0) is 32.6. The molecule has 236 valence electrons. The van der Waals surface area contributed by atoms with E-state index in [2.05, 4.69) is 5.32 Å². The van der Waals surface area contributed by atoms with Crippen molar-refractivity contribution in [1.82, 2.24) is 10.2 Å². The predicted octanol–water partition coefficient (Wildman–Crippen LogP) is 7.05. The lowest BCUT2D eigenvalue weighted by atomic mass is 10.0. The van der Waals surface area contributed by atoms with Crippen LogP contribution in [0, 0.1) is 6.92 Å². The van der Waals surface area contributed by atoms with Gasteiger partial charge in [0.2, 0.25) is 11.8 Å². The molecule has 0 aliphatic heterocycles. The van der Waals surface area contributed by atoms with Crippen LogP contribution in [0.5, 0.6) is 0 Å². The van der Waals surface area contributed by atoms with E-state index in [1.807, 2.05) is 51.1 Å². The lowest BCUT2D eigenvalue weighted by molar-refractivity contribution is -0.140. The summed E-state index contributed by atoms with van der Waals surface area (Å²) in [6.45, 7) is 5.16. The van der Waals surface area contributed by atoms with Crippen LogP contribution in [0.4, 0.5) is 5.69 Å². The van der Waals surface area contributed by atoms with Gasteiger partial charge in [-0.15, -0.1) is 0 Å². The van der Waals surface area contributed by atoms with Gasteiger partial charge < -0.3 is 10.2 Å². The number of hydrogen-bond donors (Lipinski definition) is 1. The van der Waals surface area contributed by atoms with E-state index < -0.39 is 28.5 Å². The molecule has 4 aromatic carbocycles. The number of amides is 2. The first kappa shape index (κ1) is 34.0. The molecule has 0 heterocycles. The molecule has 0 aliphatic rings. The fourth-order valence-corrected chi connectivity index (χ4v) is 6.49. The summed E-state index contributed by atoms with van der Waals surface area (Å²) in [5.74, 6) is -0.882. The summed E-state index contributed by atoms with van der Waals surface area (Å²) in [5, 5.41) is 3.92. The fraction of sp³-hybridized carbons (Fsp3) is 0.257. The second-order valence-corrected chi connectivity index (χ2v) is 13.6. The number of carbonyl (C=O) groups is 2. The van der Waals surface area contributed by atoms with Gasteiger partial charge in [0.1, 0.15) is 12.6 Å². The van der Waals surface area contributed by atoms with Gasteiger partial charge in [0.05, 0.1) is 10.6 Å². The van der Waals surface area contributed by atoms with E-state index in [1.165, 1.54) is 23.1 Å². The Morgan fingerprint density at radius 3 is 2.07 bits per heavy atom. The Balaban J connectivity index is 1.81. The molecule has 0 saturated carbocycles. The molecule has 0 aliphatic carbocycles. The van der Waals surface area contributed by atoms with Crippen molar-refractivity contribution in [2.24, 2.45) is 0 Å². The molecule has 1 N–H and O–H groups in total. The molecule has 0 radical (unpaired) electrons. The van der Waals surface area contributed by atoms with Crippen LogP contribution in [0.15, 0.2) is 108 Å². The maximum Gasteiger partial charge on any atom is 0.264 e. The van der Waals surface area contributed by atoms with E-state index in [4.69, 9.17) is 23.2 Å². The Morgan fingerprint density at radius 1 is 0.844 bits per heavy atom. The average Bonchev–Trinajstić information content (AvgIpc) is 3.04. The summed E-state index contributed by atoms with van der Waals surface area (Å²) >= 11 is 12.6. The van der Waals surface area contributed by atoms with Crippen LogP contribution < -0.4 is 9.62 Å². The van der Waals surface area contributed by atoms with E-state index in [-0.39, 0.29) is 35.5 Å². The van der Waals surface area contributed by atoms with Gasteiger partial charge in [-0.05, 0) is 73.4 Å². The number of aryl methyl sites for hydroxylation is 1. The van der Waals surface area contributed by atoms with Crippen molar-refractivity contribution in [3.63, 3.8) is 0 Å². The first-order chi connectivity index (χ1) is 21.5. The third-order valence-corrected chi connectivity index (χ3v) is 10.0. The van der Waals surface area contributed by atoms with Crippen LogP contribution in [0.3, 0.4) is 0 Å². The maximum absolute atomic E-state index is 14.5.